The van der Waals surface area contributed by atoms with Gasteiger partial charge in [0.2, 0.25) is 0 Å². The number of halogens is 3. The fraction of sp³-hybridized carbons (Fsp3) is 0.409. The number of hydrogen-bond acceptors (Lipinski definition) is 3. The van der Waals surface area contributed by atoms with Crippen LogP contribution < -0.4 is 0 Å². The minimum atomic E-state index is -1.34. The molecule has 7 heteroatoms. The first-order chi connectivity index (χ1) is 13.4. The van der Waals surface area contributed by atoms with Gasteiger partial charge in [0.15, 0.2) is 0 Å². The Morgan fingerprint density at radius 1 is 0.966 bits per heavy atom. The molecule has 0 saturated carbocycles. The van der Waals surface area contributed by atoms with Crippen LogP contribution in [0.15, 0.2) is 48.5 Å². The first kappa shape index (κ1) is 23.3. The van der Waals surface area contributed by atoms with E-state index >= 15 is 0 Å². The fourth-order valence-corrected chi connectivity index (χ4v) is 4.07. The zero-order valence-corrected chi connectivity index (χ0v) is 16.9. The number of nitrogens with zero attached hydrogens (tertiary/aromatic N) is 1. The van der Waals surface area contributed by atoms with E-state index in [-0.39, 0.29) is 36.4 Å². The van der Waals surface area contributed by atoms with Crippen LogP contribution in [0.4, 0.5) is 8.78 Å². The number of hydrogen-bond donors (Lipinski definition) is 2. The van der Waals surface area contributed by atoms with Gasteiger partial charge < -0.3 is 15.1 Å². The van der Waals surface area contributed by atoms with Gasteiger partial charge in [-0.2, -0.15) is 0 Å². The molecule has 1 heterocycles. The molecule has 2 aromatic carbocycles. The van der Waals surface area contributed by atoms with Gasteiger partial charge in [-0.05, 0) is 80.2 Å². The zero-order valence-electron chi connectivity index (χ0n) is 16.1. The molecule has 4 nitrogen and oxygen atoms in total. The molecule has 0 spiro atoms. The fourth-order valence-electron chi connectivity index (χ4n) is 4.07. The molecule has 158 valence electrons. The number of rotatable bonds is 7. The first-order valence-corrected chi connectivity index (χ1v) is 9.58. The number of benzene rings is 2. The Bertz CT molecular complexity index is 745. The minimum absolute atomic E-state index is 0. The molecule has 0 amide bonds. The van der Waals surface area contributed by atoms with Crippen LogP contribution in [-0.4, -0.2) is 40.7 Å². The van der Waals surface area contributed by atoms with Crippen LogP contribution in [0, 0.1) is 17.6 Å². The summed E-state index contributed by atoms with van der Waals surface area (Å²) in [6.45, 7) is 2.20. The molecule has 1 aliphatic rings. The highest BCUT2D eigenvalue weighted by atomic mass is 35.5. The molecule has 1 aliphatic heterocycles. The molecule has 0 aliphatic carbocycles. The number of piperidine rings is 1. The van der Waals surface area contributed by atoms with Gasteiger partial charge in [-0.15, -0.1) is 12.4 Å². The Labute approximate surface area is 175 Å². The molecule has 1 fully saturated rings. The lowest BCUT2D eigenvalue weighted by Crippen LogP contribution is -2.44. The monoisotopic (exact) mass is 425 g/mol. The zero-order chi connectivity index (χ0) is 20.1. The van der Waals surface area contributed by atoms with Crippen molar-refractivity contribution >= 4 is 18.4 Å². The summed E-state index contributed by atoms with van der Waals surface area (Å²) in [4.78, 5) is 12.9. The van der Waals surface area contributed by atoms with E-state index in [1.807, 2.05) is 0 Å². The van der Waals surface area contributed by atoms with Gasteiger partial charge in [-0.1, -0.05) is 24.3 Å². The molecule has 0 radical (unpaired) electrons. The van der Waals surface area contributed by atoms with Crippen molar-refractivity contribution in [3.63, 3.8) is 0 Å². The number of carboxylic acid groups (broad SMARTS) is 1. The summed E-state index contributed by atoms with van der Waals surface area (Å²) in [5, 5.41) is 20.5. The second-order valence-electron chi connectivity index (χ2n) is 7.39. The number of carbonyl (C=O) groups is 1. The van der Waals surface area contributed by atoms with Gasteiger partial charge in [-0.3, -0.25) is 4.79 Å². The number of aliphatic carboxylic acids is 1. The van der Waals surface area contributed by atoms with Gasteiger partial charge in [0.25, 0.3) is 0 Å². The Hall–Kier alpha value is -2.02. The van der Waals surface area contributed by atoms with E-state index in [1.54, 1.807) is 24.3 Å². The maximum Gasteiger partial charge on any atom is 0.303 e. The summed E-state index contributed by atoms with van der Waals surface area (Å²) in [5.74, 6) is -1.66. The number of likely N-dealkylation sites (tertiary alicyclic amines) is 1. The van der Waals surface area contributed by atoms with Crippen LogP contribution in [0.3, 0.4) is 0 Å². The predicted molar refractivity (Wildman–Crippen MR) is 109 cm³/mol. The maximum atomic E-state index is 13.4. The predicted octanol–water partition coefficient (Wildman–Crippen LogP) is 4.20. The molecule has 0 aromatic heterocycles. The number of aliphatic hydroxyl groups is 1. The van der Waals surface area contributed by atoms with E-state index < -0.39 is 11.6 Å². The topological polar surface area (TPSA) is 60.8 Å². The molecule has 29 heavy (non-hydrogen) atoms. The maximum absolute atomic E-state index is 13.4. The van der Waals surface area contributed by atoms with Gasteiger partial charge in [0, 0.05) is 6.42 Å². The van der Waals surface area contributed by atoms with Crippen LogP contribution in [0.2, 0.25) is 0 Å². The van der Waals surface area contributed by atoms with Crippen LogP contribution in [0.25, 0.3) is 0 Å². The van der Waals surface area contributed by atoms with E-state index in [1.165, 1.54) is 24.3 Å². The van der Waals surface area contributed by atoms with Crippen molar-refractivity contribution in [2.45, 2.75) is 31.3 Å². The van der Waals surface area contributed by atoms with Crippen molar-refractivity contribution in [3.05, 3.63) is 71.3 Å². The molecular weight excluding hydrogens is 400 g/mol. The second-order valence-corrected chi connectivity index (χ2v) is 7.39. The van der Waals surface area contributed by atoms with Crippen molar-refractivity contribution in [3.8, 4) is 0 Å². The SMILES string of the molecule is Cl.O=C(O)CCCN1CCC(C(O)(c2ccc(F)cc2)c2ccc(F)cc2)CC1. The first-order valence-electron chi connectivity index (χ1n) is 9.58. The molecule has 0 unspecified atom stereocenters. The lowest BCUT2D eigenvalue weighted by Gasteiger charge is -2.42. The van der Waals surface area contributed by atoms with Gasteiger partial charge >= 0.3 is 5.97 Å². The van der Waals surface area contributed by atoms with Crippen LogP contribution in [-0.2, 0) is 10.4 Å². The lowest BCUT2D eigenvalue weighted by atomic mass is 9.72. The molecule has 0 atom stereocenters. The van der Waals surface area contributed by atoms with Crippen molar-refractivity contribution in [2.24, 2.45) is 5.92 Å². The smallest absolute Gasteiger partial charge is 0.303 e. The molecule has 2 N–H and O–H groups in total. The normalized spacial score (nSPS) is 15.7. The van der Waals surface area contributed by atoms with Crippen LogP contribution in [0.1, 0.15) is 36.8 Å². The average molecular weight is 426 g/mol. The summed E-state index contributed by atoms with van der Waals surface area (Å²) in [6, 6.07) is 11.6. The second kappa shape index (κ2) is 10.1. The summed E-state index contributed by atoms with van der Waals surface area (Å²) in [5.41, 5.74) is -0.163. The van der Waals surface area contributed by atoms with E-state index in [4.69, 9.17) is 5.11 Å². The molecule has 1 saturated heterocycles. The Balaban J connectivity index is 0.00000300. The summed E-state index contributed by atoms with van der Waals surface area (Å²) in [6.07, 6.45) is 2.16. The Morgan fingerprint density at radius 2 is 1.41 bits per heavy atom. The molecule has 2 aromatic rings. The van der Waals surface area contributed by atoms with Gasteiger partial charge in [0.1, 0.15) is 17.2 Å². The van der Waals surface area contributed by atoms with Gasteiger partial charge in [-0.25, -0.2) is 8.78 Å². The van der Waals surface area contributed by atoms with E-state index in [9.17, 15) is 18.7 Å². The lowest BCUT2D eigenvalue weighted by molar-refractivity contribution is -0.137. The highest BCUT2D eigenvalue weighted by molar-refractivity contribution is 5.85. The third-order valence-electron chi connectivity index (χ3n) is 5.61. The largest absolute Gasteiger partial charge is 0.481 e. The van der Waals surface area contributed by atoms with Crippen molar-refractivity contribution in [1.82, 2.24) is 4.90 Å². The van der Waals surface area contributed by atoms with E-state index in [2.05, 4.69) is 4.90 Å². The van der Waals surface area contributed by atoms with E-state index in [0.717, 1.165) is 13.1 Å². The van der Waals surface area contributed by atoms with Crippen molar-refractivity contribution < 1.29 is 23.8 Å². The summed E-state index contributed by atoms with van der Waals surface area (Å²) < 4.78 is 26.8. The van der Waals surface area contributed by atoms with Crippen LogP contribution >= 0.6 is 12.4 Å². The summed E-state index contributed by atoms with van der Waals surface area (Å²) in [7, 11) is 0. The van der Waals surface area contributed by atoms with Gasteiger partial charge in [0.05, 0.1) is 0 Å². The molecule has 3 rings (SSSR count). The quantitative estimate of drug-likeness (QED) is 0.698. The standard InChI is InChI=1S/C22H25F2NO3.ClH/c23-19-7-3-16(4-8-19)22(28,17-5-9-20(24)10-6-17)18-11-14-25(15-12-18)13-1-2-21(26)27;/h3-10,18,28H,1-2,11-15H2,(H,26,27);1H. The molecular formula is C22H26ClF2NO3. The third kappa shape index (κ3) is 5.53. The minimum Gasteiger partial charge on any atom is -0.481 e. The Morgan fingerprint density at radius 3 is 1.83 bits per heavy atom. The highest BCUT2D eigenvalue weighted by Crippen LogP contribution is 2.42. The average Bonchev–Trinajstić information content (AvgIpc) is 2.69. The van der Waals surface area contributed by atoms with Crippen molar-refractivity contribution in [1.29, 1.82) is 0 Å². The van der Waals surface area contributed by atoms with E-state index in [0.29, 0.717) is 36.9 Å². The third-order valence-corrected chi connectivity index (χ3v) is 5.61. The number of carboxylic acids is 1. The Kier molecular flexibility index (Phi) is 8.14. The highest BCUT2D eigenvalue weighted by Gasteiger charge is 2.41. The summed E-state index contributed by atoms with van der Waals surface area (Å²) >= 11 is 0. The van der Waals surface area contributed by atoms with Crippen LogP contribution in [0.5, 0.6) is 0 Å². The van der Waals surface area contributed by atoms with Crippen molar-refractivity contribution in [2.75, 3.05) is 19.6 Å². The molecule has 0 bridgehead atoms.